The van der Waals surface area contributed by atoms with Crippen molar-refractivity contribution in [3.63, 3.8) is 0 Å². The number of nitrogens with zero attached hydrogens (tertiary/aromatic N) is 2. The molecule has 27 heavy (non-hydrogen) atoms. The molecule has 0 aliphatic rings. The molecular weight excluding hydrogens is 372 g/mol. The quantitative estimate of drug-likeness (QED) is 0.476. The second-order valence-electron chi connectivity index (χ2n) is 5.89. The van der Waals surface area contributed by atoms with Crippen LogP contribution < -0.4 is 9.47 Å². The standard InChI is InChI=1S/C19H23ClN2O5/c1-5-6-9-22-18(20)17(12(2)21-22)19(24)27-11-15(23)14-10-13(25-3)7-8-16(14)26-4/h7-8,10H,5-6,9,11H2,1-4H3. The van der Waals surface area contributed by atoms with Crippen LogP contribution in [0.2, 0.25) is 5.15 Å². The van der Waals surface area contributed by atoms with E-state index in [4.69, 9.17) is 25.8 Å². The van der Waals surface area contributed by atoms with Crippen LogP contribution in [0.5, 0.6) is 11.5 Å². The topological polar surface area (TPSA) is 79.7 Å². The molecule has 0 amide bonds. The van der Waals surface area contributed by atoms with Gasteiger partial charge in [0.25, 0.3) is 0 Å². The first-order chi connectivity index (χ1) is 12.9. The number of ether oxygens (including phenoxy) is 3. The zero-order valence-electron chi connectivity index (χ0n) is 15.9. The number of hydrogen-bond donors (Lipinski definition) is 0. The number of aryl methyl sites for hydroxylation is 2. The van der Waals surface area contributed by atoms with Gasteiger partial charge >= 0.3 is 5.97 Å². The molecule has 1 aromatic carbocycles. The molecule has 0 unspecified atom stereocenters. The number of carbonyl (C=O) groups excluding carboxylic acids is 2. The lowest BCUT2D eigenvalue weighted by Crippen LogP contribution is -2.16. The van der Waals surface area contributed by atoms with E-state index < -0.39 is 18.4 Å². The van der Waals surface area contributed by atoms with E-state index in [9.17, 15) is 9.59 Å². The lowest BCUT2D eigenvalue weighted by molar-refractivity contribution is 0.0473. The van der Waals surface area contributed by atoms with Gasteiger partial charge in [-0.25, -0.2) is 4.79 Å². The van der Waals surface area contributed by atoms with Gasteiger partial charge in [0.1, 0.15) is 22.2 Å². The van der Waals surface area contributed by atoms with Gasteiger partial charge in [0, 0.05) is 6.54 Å². The van der Waals surface area contributed by atoms with Crippen LogP contribution in [-0.4, -0.2) is 42.4 Å². The van der Waals surface area contributed by atoms with Crippen LogP contribution in [0.15, 0.2) is 18.2 Å². The van der Waals surface area contributed by atoms with Crippen LogP contribution in [0.4, 0.5) is 0 Å². The highest BCUT2D eigenvalue weighted by Gasteiger charge is 2.23. The number of halogens is 1. The van der Waals surface area contributed by atoms with Crippen molar-refractivity contribution >= 4 is 23.4 Å². The Morgan fingerprint density at radius 2 is 1.96 bits per heavy atom. The third-order valence-corrected chi connectivity index (χ3v) is 4.42. The molecule has 146 valence electrons. The summed E-state index contributed by atoms with van der Waals surface area (Å²) in [6.07, 6.45) is 1.87. The molecule has 0 bridgehead atoms. The summed E-state index contributed by atoms with van der Waals surface area (Å²) < 4.78 is 17.1. The molecule has 8 heteroatoms. The largest absolute Gasteiger partial charge is 0.497 e. The second kappa shape index (κ2) is 9.41. The minimum Gasteiger partial charge on any atom is -0.497 e. The molecule has 1 aromatic heterocycles. The Hall–Kier alpha value is -2.54. The van der Waals surface area contributed by atoms with E-state index in [1.807, 2.05) is 0 Å². The van der Waals surface area contributed by atoms with Crippen LogP contribution in [0.3, 0.4) is 0 Å². The van der Waals surface area contributed by atoms with E-state index in [0.717, 1.165) is 12.8 Å². The number of hydrogen-bond acceptors (Lipinski definition) is 6. The van der Waals surface area contributed by atoms with Crippen LogP contribution in [0, 0.1) is 6.92 Å². The van der Waals surface area contributed by atoms with Gasteiger partial charge in [-0.2, -0.15) is 5.10 Å². The fraction of sp³-hybridized carbons (Fsp3) is 0.421. The summed E-state index contributed by atoms with van der Waals surface area (Å²) in [5, 5.41) is 4.49. The smallest absolute Gasteiger partial charge is 0.343 e. The molecule has 0 atom stereocenters. The van der Waals surface area contributed by atoms with E-state index in [-0.39, 0.29) is 16.3 Å². The predicted octanol–water partition coefficient (Wildman–Crippen LogP) is 3.70. The lowest BCUT2D eigenvalue weighted by atomic mass is 10.1. The van der Waals surface area contributed by atoms with Gasteiger partial charge in [-0.1, -0.05) is 24.9 Å². The van der Waals surface area contributed by atoms with E-state index >= 15 is 0 Å². The van der Waals surface area contributed by atoms with Gasteiger partial charge in [-0.3, -0.25) is 9.48 Å². The van der Waals surface area contributed by atoms with Gasteiger partial charge in [0.2, 0.25) is 5.78 Å². The maximum Gasteiger partial charge on any atom is 0.343 e. The van der Waals surface area contributed by atoms with Crippen molar-refractivity contribution in [2.24, 2.45) is 0 Å². The minimum absolute atomic E-state index is 0.179. The maximum atomic E-state index is 12.5. The molecule has 0 radical (unpaired) electrons. The van der Waals surface area contributed by atoms with Gasteiger partial charge in [0.15, 0.2) is 6.61 Å². The zero-order valence-corrected chi connectivity index (χ0v) is 16.6. The van der Waals surface area contributed by atoms with Gasteiger partial charge in [0.05, 0.1) is 25.5 Å². The molecule has 7 nitrogen and oxygen atoms in total. The number of Topliss-reactive ketones (excluding diaryl/α,β-unsaturated/α-hetero) is 1. The minimum atomic E-state index is -0.685. The number of carbonyl (C=O) groups is 2. The molecule has 0 N–H and O–H groups in total. The molecule has 0 saturated heterocycles. The summed E-state index contributed by atoms with van der Waals surface area (Å²) in [6.45, 7) is 3.90. The number of ketones is 1. The van der Waals surface area contributed by atoms with Crippen LogP contribution in [-0.2, 0) is 11.3 Å². The fourth-order valence-corrected chi connectivity index (χ4v) is 2.89. The van der Waals surface area contributed by atoms with Gasteiger partial charge < -0.3 is 14.2 Å². The summed E-state index contributed by atoms with van der Waals surface area (Å²) in [4.78, 5) is 24.9. The van der Waals surface area contributed by atoms with Crippen molar-refractivity contribution in [2.75, 3.05) is 20.8 Å². The number of rotatable bonds is 9. The van der Waals surface area contributed by atoms with E-state index in [0.29, 0.717) is 23.7 Å². The monoisotopic (exact) mass is 394 g/mol. The average Bonchev–Trinajstić information content (AvgIpc) is 2.96. The summed E-state index contributed by atoms with van der Waals surface area (Å²) in [5.41, 5.74) is 0.914. The van der Waals surface area contributed by atoms with E-state index in [2.05, 4.69) is 12.0 Å². The van der Waals surface area contributed by atoms with Crippen molar-refractivity contribution in [1.82, 2.24) is 9.78 Å². The Kier molecular flexibility index (Phi) is 7.24. The van der Waals surface area contributed by atoms with Crippen LogP contribution in [0.1, 0.15) is 46.2 Å². The Morgan fingerprint density at radius 1 is 1.22 bits per heavy atom. The number of aromatic nitrogens is 2. The molecule has 0 spiro atoms. The Bertz CT molecular complexity index is 832. The van der Waals surface area contributed by atoms with E-state index in [1.54, 1.807) is 23.7 Å². The number of esters is 1. The Labute approximate surface area is 163 Å². The maximum absolute atomic E-state index is 12.5. The third kappa shape index (κ3) is 4.80. The van der Waals surface area contributed by atoms with Crippen LogP contribution in [0.25, 0.3) is 0 Å². The number of methoxy groups -OCH3 is 2. The molecule has 2 rings (SSSR count). The predicted molar refractivity (Wildman–Crippen MR) is 101 cm³/mol. The van der Waals surface area contributed by atoms with Crippen LogP contribution >= 0.6 is 11.6 Å². The van der Waals surface area contributed by atoms with Gasteiger partial charge in [-0.15, -0.1) is 0 Å². The summed E-state index contributed by atoms with van der Waals surface area (Å²) in [5.74, 6) is -0.221. The normalized spacial score (nSPS) is 10.6. The second-order valence-corrected chi connectivity index (χ2v) is 6.25. The molecule has 0 saturated carbocycles. The first-order valence-electron chi connectivity index (χ1n) is 8.58. The molecular formula is C19H23ClN2O5. The SMILES string of the molecule is CCCCn1nc(C)c(C(=O)OCC(=O)c2cc(OC)ccc2OC)c1Cl. The lowest BCUT2D eigenvalue weighted by Gasteiger charge is -2.10. The Balaban J connectivity index is 2.12. The third-order valence-electron chi connectivity index (χ3n) is 4.03. The first kappa shape index (κ1) is 20.8. The first-order valence-corrected chi connectivity index (χ1v) is 8.95. The van der Waals surface area contributed by atoms with Crippen molar-refractivity contribution < 1.29 is 23.8 Å². The highest BCUT2D eigenvalue weighted by atomic mass is 35.5. The Morgan fingerprint density at radius 3 is 2.59 bits per heavy atom. The number of benzene rings is 1. The summed E-state index contributed by atoms with van der Waals surface area (Å²) in [7, 11) is 2.95. The number of unbranched alkanes of at least 4 members (excludes halogenated alkanes) is 1. The van der Waals surface area contributed by atoms with Gasteiger partial charge in [-0.05, 0) is 31.5 Å². The summed E-state index contributed by atoms with van der Waals surface area (Å²) >= 11 is 6.26. The molecule has 0 fully saturated rings. The highest BCUT2D eigenvalue weighted by Crippen LogP contribution is 2.25. The van der Waals surface area contributed by atoms with E-state index in [1.165, 1.54) is 20.3 Å². The average molecular weight is 395 g/mol. The molecule has 0 aliphatic carbocycles. The van der Waals surface area contributed by atoms with Crippen molar-refractivity contribution in [3.05, 3.63) is 40.2 Å². The highest BCUT2D eigenvalue weighted by molar-refractivity contribution is 6.32. The van der Waals surface area contributed by atoms with Crippen molar-refractivity contribution in [2.45, 2.75) is 33.2 Å². The molecule has 2 aromatic rings. The van der Waals surface area contributed by atoms with Crippen molar-refractivity contribution in [3.8, 4) is 11.5 Å². The zero-order chi connectivity index (χ0) is 20.0. The molecule has 0 aliphatic heterocycles. The van der Waals surface area contributed by atoms with Crippen molar-refractivity contribution in [1.29, 1.82) is 0 Å². The summed E-state index contributed by atoms with van der Waals surface area (Å²) in [6, 6.07) is 4.83. The molecule has 1 heterocycles. The fourth-order valence-electron chi connectivity index (χ4n) is 2.55.